The predicted octanol–water partition coefficient (Wildman–Crippen LogP) is 3.78. The molecule has 0 bridgehead atoms. The molecule has 0 unspecified atom stereocenters. The second-order valence-corrected chi connectivity index (χ2v) is 5.59. The summed E-state index contributed by atoms with van der Waals surface area (Å²) in [7, 11) is 1.59. The van der Waals surface area contributed by atoms with Gasteiger partial charge in [0.25, 0.3) is 0 Å². The van der Waals surface area contributed by atoms with E-state index in [0.29, 0.717) is 11.3 Å². The van der Waals surface area contributed by atoms with Gasteiger partial charge in [-0.05, 0) is 22.9 Å². The molecule has 0 aliphatic heterocycles. The number of carbonyl (C=O) groups is 1. The van der Waals surface area contributed by atoms with E-state index in [1.807, 2.05) is 54.6 Å². The lowest BCUT2D eigenvalue weighted by Gasteiger charge is -2.23. The lowest BCUT2D eigenvalue weighted by atomic mass is 9.92. The summed E-state index contributed by atoms with van der Waals surface area (Å²) in [6, 6.07) is 18.3. The molecule has 0 aromatic heterocycles. The SMILES string of the molecule is COc1ccccc1[C@@H](NC(C)=O)c1c(O)ccc2ccccc12. The molecule has 0 fully saturated rings. The molecule has 0 aliphatic rings. The quantitative estimate of drug-likeness (QED) is 0.769. The number of fused-ring (bicyclic) bond motifs is 1. The number of rotatable bonds is 4. The third-order valence-electron chi connectivity index (χ3n) is 4.03. The monoisotopic (exact) mass is 321 g/mol. The van der Waals surface area contributed by atoms with Crippen LogP contribution >= 0.6 is 0 Å². The number of methoxy groups -OCH3 is 1. The van der Waals surface area contributed by atoms with Crippen LogP contribution in [0.1, 0.15) is 24.1 Å². The van der Waals surface area contributed by atoms with Crippen molar-refractivity contribution in [3.8, 4) is 11.5 Å². The molecule has 2 N–H and O–H groups in total. The zero-order valence-electron chi connectivity index (χ0n) is 13.6. The maximum atomic E-state index is 11.8. The van der Waals surface area contributed by atoms with Crippen molar-refractivity contribution in [1.29, 1.82) is 0 Å². The molecule has 0 spiro atoms. The summed E-state index contributed by atoms with van der Waals surface area (Å²) in [4.78, 5) is 11.8. The molecule has 24 heavy (non-hydrogen) atoms. The van der Waals surface area contributed by atoms with E-state index in [0.717, 1.165) is 16.3 Å². The van der Waals surface area contributed by atoms with E-state index in [4.69, 9.17) is 4.74 Å². The molecule has 1 amide bonds. The number of aromatic hydroxyl groups is 1. The lowest BCUT2D eigenvalue weighted by molar-refractivity contribution is -0.119. The van der Waals surface area contributed by atoms with Gasteiger partial charge in [0.2, 0.25) is 5.91 Å². The zero-order valence-corrected chi connectivity index (χ0v) is 13.6. The molecule has 0 radical (unpaired) electrons. The average Bonchev–Trinajstić information content (AvgIpc) is 2.60. The largest absolute Gasteiger partial charge is 0.508 e. The fraction of sp³-hybridized carbons (Fsp3) is 0.150. The lowest BCUT2D eigenvalue weighted by Crippen LogP contribution is -2.27. The van der Waals surface area contributed by atoms with E-state index < -0.39 is 6.04 Å². The first-order valence-corrected chi connectivity index (χ1v) is 7.72. The Morgan fingerprint density at radius 2 is 1.75 bits per heavy atom. The second-order valence-electron chi connectivity index (χ2n) is 5.59. The van der Waals surface area contributed by atoms with Crippen molar-refractivity contribution >= 4 is 16.7 Å². The van der Waals surface area contributed by atoms with E-state index in [1.165, 1.54) is 6.92 Å². The van der Waals surface area contributed by atoms with Gasteiger partial charge in [-0.2, -0.15) is 0 Å². The number of carbonyl (C=O) groups excluding carboxylic acids is 1. The van der Waals surface area contributed by atoms with E-state index in [2.05, 4.69) is 5.32 Å². The molecule has 0 aliphatic carbocycles. The Hall–Kier alpha value is -3.01. The van der Waals surface area contributed by atoms with Gasteiger partial charge in [-0.3, -0.25) is 4.79 Å². The maximum absolute atomic E-state index is 11.8. The number of phenolic OH excluding ortho intramolecular Hbond substituents is 1. The fourth-order valence-corrected chi connectivity index (χ4v) is 3.00. The van der Waals surface area contributed by atoms with Crippen molar-refractivity contribution in [2.24, 2.45) is 0 Å². The van der Waals surface area contributed by atoms with Gasteiger partial charge in [0, 0.05) is 18.1 Å². The first-order chi connectivity index (χ1) is 11.6. The van der Waals surface area contributed by atoms with Crippen LogP contribution in [0.25, 0.3) is 10.8 Å². The number of para-hydroxylation sites is 1. The molecule has 3 rings (SSSR count). The van der Waals surface area contributed by atoms with Crippen LogP contribution in [0.3, 0.4) is 0 Å². The van der Waals surface area contributed by atoms with Gasteiger partial charge in [0.05, 0.1) is 13.2 Å². The first kappa shape index (κ1) is 15.9. The van der Waals surface area contributed by atoms with Crippen molar-refractivity contribution in [2.75, 3.05) is 7.11 Å². The van der Waals surface area contributed by atoms with Crippen molar-refractivity contribution < 1.29 is 14.6 Å². The van der Waals surface area contributed by atoms with Crippen LogP contribution in [0, 0.1) is 0 Å². The van der Waals surface area contributed by atoms with Crippen molar-refractivity contribution in [1.82, 2.24) is 5.32 Å². The third-order valence-corrected chi connectivity index (χ3v) is 4.03. The summed E-state index contributed by atoms with van der Waals surface area (Å²) in [5.41, 5.74) is 1.45. The Morgan fingerprint density at radius 3 is 2.50 bits per heavy atom. The molecule has 3 aromatic carbocycles. The molecule has 0 saturated heterocycles. The highest BCUT2D eigenvalue weighted by molar-refractivity contribution is 5.89. The van der Waals surface area contributed by atoms with Crippen molar-refractivity contribution in [3.05, 3.63) is 71.8 Å². The molecular weight excluding hydrogens is 302 g/mol. The van der Waals surface area contributed by atoms with Crippen LogP contribution in [-0.2, 0) is 4.79 Å². The van der Waals surface area contributed by atoms with Gasteiger partial charge in [0.1, 0.15) is 11.5 Å². The third kappa shape index (κ3) is 2.91. The number of nitrogens with one attached hydrogen (secondary N) is 1. The number of phenols is 1. The minimum atomic E-state index is -0.509. The van der Waals surface area contributed by atoms with Crippen LogP contribution < -0.4 is 10.1 Å². The number of amides is 1. The van der Waals surface area contributed by atoms with E-state index in [-0.39, 0.29) is 11.7 Å². The molecule has 0 saturated carbocycles. The minimum Gasteiger partial charge on any atom is -0.508 e. The van der Waals surface area contributed by atoms with Gasteiger partial charge < -0.3 is 15.2 Å². The highest BCUT2D eigenvalue weighted by atomic mass is 16.5. The Labute approximate surface area is 140 Å². The van der Waals surface area contributed by atoms with Gasteiger partial charge in [-0.1, -0.05) is 48.5 Å². The second kappa shape index (κ2) is 6.62. The van der Waals surface area contributed by atoms with Crippen molar-refractivity contribution in [2.45, 2.75) is 13.0 Å². The molecule has 4 nitrogen and oxygen atoms in total. The number of hydrogen-bond acceptors (Lipinski definition) is 3. The highest BCUT2D eigenvalue weighted by Crippen LogP contribution is 2.38. The van der Waals surface area contributed by atoms with Gasteiger partial charge in [0.15, 0.2) is 0 Å². The van der Waals surface area contributed by atoms with Gasteiger partial charge in [-0.15, -0.1) is 0 Å². The van der Waals surface area contributed by atoms with Crippen LogP contribution in [0.4, 0.5) is 0 Å². The van der Waals surface area contributed by atoms with E-state index >= 15 is 0 Å². The first-order valence-electron chi connectivity index (χ1n) is 7.72. The number of ether oxygens (including phenoxy) is 1. The minimum absolute atomic E-state index is 0.137. The molecular formula is C20H19NO3. The van der Waals surface area contributed by atoms with Gasteiger partial charge >= 0.3 is 0 Å². The molecule has 1 atom stereocenters. The van der Waals surface area contributed by atoms with Crippen LogP contribution in [-0.4, -0.2) is 18.1 Å². The van der Waals surface area contributed by atoms with E-state index in [9.17, 15) is 9.90 Å². The number of benzene rings is 3. The van der Waals surface area contributed by atoms with Crippen LogP contribution in [0.2, 0.25) is 0 Å². The molecule has 122 valence electrons. The zero-order chi connectivity index (χ0) is 17.1. The standard InChI is InChI=1S/C20H19NO3/c1-13(22)21-20(16-9-5-6-10-18(16)24-2)19-15-8-4-3-7-14(15)11-12-17(19)23/h3-12,20,23H,1-2H3,(H,21,22)/t20-/m1/s1. The Balaban J connectivity index is 2.28. The summed E-state index contributed by atoms with van der Waals surface area (Å²) in [6.07, 6.45) is 0. The molecule has 4 heteroatoms. The predicted molar refractivity (Wildman–Crippen MR) is 94.3 cm³/mol. The average molecular weight is 321 g/mol. The topological polar surface area (TPSA) is 58.6 Å². The summed E-state index contributed by atoms with van der Waals surface area (Å²) in [6.45, 7) is 1.46. The normalized spacial score (nSPS) is 11.9. The Morgan fingerprint density at radius 1 is 1.04 bits per heavy atom. The summed E-state index contributed by atoms with van der Waals surface area (Å²) in [5.74, 6) is 0.611. The molecule has 0 heterocycles. The van der Waals surface area contributed by atoms with E-state index in [1.54, 1.807) is 13.2 Å². The van der Waals surface area contributed by atoms with Crippen molar-refractivity contribution in [3.63, 3.8) is 0 Å². The maximum Gasteiger partial charge on any atom is 0.217 e. The highest BCUT2D eigenvalue weighted by Gasteiger charge is 2.24. The smallest absolute Gasteiger partial charge is 0.217 e. The Kier molecular flexibility index (Phi) is 4.38. The summed E-state index contributed by atoms with van der Waals surface area (Å²) in [5, 5.41) is 15.4. The van der Waals surface area contributed by atoms with Crippen LogP contribution in [0.15, 0.2) is 60.7 Å². The Bertz CT molecular complexity index is 889. The number of hydrogen-bond donors (Lipinski definition) is 2. The summed E-state index contributed by atoms with van der Waals surface area (Å²) < 4.78 is 5.45. The van der Waals surface area contributed by atoms with Crippen LogP contribution in [0.5, 0.6) is 11.5 Å². The molecule has 3 aromatic rings. The van der Waals surface area contributed by atoms with Gasteiger partial charge in [-0.25, -0.2) is 0 Å². The summed E-state index contributed by atoms with van der Waals surface area (Å²) >= 11 is 0. The fourth-order valence-electron chi connectivity index (χ4n) is 3.00.